The number of aromatic amines is 1. The Hall–Kier alpha value is -2.96. The number of nitrogens with zero attached hydrogens (tertiary/aromatic N) is 5. The molecule has 1 aliphatic rings. The van der Waals surface area contributed by atoms with E-state index in [0.29, 0.717) is 36.5 Å². The molecule has 2 aromatic heterocycles. The number of halogens is 2. The molecule has 0 aliphatic carbocycles. The number of aliphatic imine (C=N–C) groups is 1. The number of ether oxygens (including phenoxy) is 1. The second-order valence-electron chi connectivity index (χ2n) is 7.41. The summed E-state index contributed by atoms with van der Waals surface area (Å²) in [5.74, 6) is 2.84. The van der Waals surface area contributed by atoms with Gasteiger partial charge in [-0.15, -0.1) is 24.0 Å². The van der Waals surface area contributed by atoms with Crippen molar-refractivity contribution >= 4 is 35.8 Å². The lowest BCUT2D eigenvalue weighted by atomic mass is 10.2. The first-order valence-corrected chi connectivity index (χ1v) is 10.6. The van der Waals surface area contributed by atoms with Gasteiger partial charge in [-0.2, -0.15) is 5.10 Å². The fraction of sp³-hybridized carbons (Fsp3) is 0.364. The summed E-state index contributed by atoms with van der Waals surface area (Å²) in [6.45, 7) is 4.48. The second-order valence-corrected chi connectivity index (χ2v) is 7.41. The van der Waals surface area contributed by atoms with Gasteiger partial charge in [0.05, 0.1) is 7.11 Å². The molecule has 3 heterocycles. The molecule has 0 saturated carbocycles. The predicted octanol–water partition coefficient (Wildman–Crippen LogP) is 2.97. The summed E-state index contributed by atoms with van der Waals surface area (Å²) in [5, 5.41) is 13.9. The van der Waals surface area contributed by atoms with E-state index >= 15 is 0 Å². The Bertz CT molecular complexity index is 1060. The average Bonchev–Trinajstić information content (AvgIpc) is 3.48. The van der Waals surface area contributed by atoms with Crippen LogP contribution in [0, 0.1) is 5.82 Å². The molecular weight excluding hydrogens is 538 g/mol. The van der Waals surface area contributed by atoms with Gasteiger partial charge in [-0.25, -0.2) is 19.4 Å². The van der Waals surface area contributed by atoms with Crippen molar-refractivity contribution in [3.05, 3.63) is 54.2 Å². The van der Waals surface area contributed by atoms with E-state index < -0.39 is 0 Å². The molecule has 4 rings (SSSR count). The number of aromatic nitrogens is 4. The van der Waals surface area contributed by atoms with Crippen LogP contribution in [0.3, 0.4) is 0 Å². The monoisotopic (exact) mass is 566 g/mol. The summed E-state index contributed by atoms with van der Waals surface area (Å²) in [4.78, 5) is 15.3. The van der Waals surface area contributed by atoms with Crippen LogP contribution in [-0.2, 0) is 6.54 Å². The molecule has 1 saturated heterocycles. The number of hydrogen-bond donors (Lipinski definition) is 3. The number of H-pyrrole nitrogens is 1. The molecule has 33 heavy (non-hydrogen) atoms. The van der Waals surface area contributed by atoms with E-state index in [1.807, 2.05) is 36.1 Å². The summed E-state index contributed by atoms with van der Waals surface area (Å²) in [6, 6.07) is 10.7. The van der Waals surface area contributed by atoms with Crippen LogP contribution >= 0.6 is 24.0 Å². The van der Waals surface area contributed by atoms with Crippen LogP contribution in [0.5, 0.6) is 5.75 Å². The minimum atomic E-state index is -0.299. The third-order valence-electron chi connectivity index (χ3n) is 5.18. The van der Waals surface area contributed by atoms with E-state index in [-0.39, 0.29) is 35.8 Å². The molecule has 1 fully saturated rings. The fourth-order valence-electron chi connectivity index (χ4n) is 3.58. The molecule has 11 heteroatoms. The number of rotatable bonds is 7. The first-order chi connectivity index (χ1) is 15.7. The van der Waals surface area contributed by atoms with E-state index in [1.54, 1.807) is 19.4 Å². The van der Waals surface area contributed by atoms with Gasteiger partial charge in [0.1, 0.15) is 18.1 Å². The first-order valence-electron chi connectivity index (χ1n) is 10.6. The maximum absolute atomic E-state index is 14.0. The molecule has 0 amide bonds. The normalized spacial score (nSPS) is 15.8. The highest BCUT2D eigenvalue weighted by atomic mass is 127. The lowest BCUT2D eigenvalue weighted by Gasteiger charge is -2.19. The van der Waals surface area contributed by atoms with Crippen molar-refractivity contribution in [2.45, 2.75) is 25.9 Å². The molecular formula is C22H28FIN8O. The summed E-state index contributed by atoms with van der Waals surface area (Å²) in [7, 11) is 1.63. The minimum Gasteiger partial charge on any atom is -0.497 e. The lowest BCUT2D eigenvalue weighted by Crippen LogP contribution is -2.44. The van der Waals surface area contributed by atoms with Gasteiger partial charge in [0.2, 0.25) is 0 Å². The van der Waals surface area contributed by atoms with Crippen LogP contribution < -0.4 is 20.3 Å². The Morgan fingerprint density at radius 2 is 2.12 bits per heavy atom. The third-order valence-corrected chi connectivity index (χ3v) is 5.18. The smallest absolute Gasteiger partial charge is 0.191 e. The number of pyridine rings is 1. The van der Waals surface area contributed by atoms with Crippen molar-refractivity contribution in [3.63, 3.8) is 0 Å². The van der Waals surface area contributed by atoms with Crippen molar-refractivity contribution in [2.24, 2.45) is 4.99 Å². The van der Waals surface area contributed by atoms with E-state index in [9.17, 15) is 4.39 Å². The van der Waals surface area contributed by atoms with Gasteiger partial charge in [-0.1, -0.05) is 0 Å². The summed E-state index contributed by atoms with van der Waals surface area (Å²) in [5.41, 5.74) is 0.898. The van der Waals surface area contributed by atoms with Gasteiger partial charge in [0, 0.05) is 37.4 Å². The Morgan fingerprint density at radius 1 is 1.30 bits per heavy atom. The number of methoxy groups -OCH3 is 1. The molecule has 0 spiro atoms. The van der Waals surface area contributed by atoms with Crippen LogP contribution in [0.25, 0.3) is 11.4 Å². The van der Waals surface area contributed by atoms with Crippen molar-refractivity contribution in [3.8, 4) is 17.1 Å². The van der Waals surface area contributed by atoms with Crippen LogP contribution in [0.1, 0.15) is 19.2 Å². The Labute approximate surface area is 209 Å². The van der Waals surface area contributed by atoms with Crippen LogP contribution in [0.2, 0.25) is 0 Å². The van der Waals surface area contributed by atoms with E-state index in [0.717, 1.165) is 30.8 Å². The quantitative estimate of drug-likeness (QED) is 0.230. The highest BCUT2D eigenvalue weighted by molar-refractivity contribution is 14.0. The van der Waals surface area contributed by atoms with Crippen LogP contribution in [-0.4, -0.2) is 58.9 Å². The van der Waals surface area contributed by atoms with Crippen LogP contribution in [0.15, 0.2) is 47.6 Å². The molecule has 3 aromatic rings. The Kier molecular flexibility index (Phi) is 8.80. The molecule has 1 atom stereocenters. The van der Waals surface area contributed by atoms with Crippen molar-refractivity contribution < 1.29 is 9.13 Å². The van der Waals surface area contributed by atoms with E-state index in [2.05, 4.69) is 35.8 Å². The maximum atomic E-state index is 14.0. The summed E-state index contributed by atoms with van der Waals surface area (Å²) in [6.07, 6.45) is 2.48. The number of benzene rings is 1. The molecule has 0 radical (unpaired) electrons. The van der Waals surface area contributed by atoms with Crippen molar-refractivity contribution in [2.75, 3.05) is 31.6 Å². The zero-order chi connectivity index (χ0) is 22.3. The number of hydrogen-bond acceptors (Lipinski definition) is 6. The highest BCUT2D eigenvalue weighted by Crippen LogP contribution is 2.21. The van der Waals surface area contributed by atoms with Gasteiger partial charge >= 0.3 is 0 Å². The molecule has 1 aliphatic heterocycles. The minimum absolute atomic E-state index is 0. The largest absolute Gasteiger partial charge is 0.497 e. The zero-order valence-electron chi connectivity index (χ0n) is 18.6. The summed E-state index contributed by atoms with van der Waals surface area (Å²) < 4.78 is 19.2. The number of guanidine groups is 1. The van der Waals surface area contributed by atoms with Gasteiger partial charge in [0.15, 0.2) is 23.4 Å². The van der Waals surface area contributed by atoms with Gasteiger partial charge in [-0.05, 0) is 49.7 Å². The molecule has 3 N–H and O–H groups in total. The average molecular weight is 566 g/mol. The van der Waals surface area contributed by atoms with Gasteiger partial charge in [0.25, 0.3) is 0 Å². The van der Waals surface area contributed by atoms with Crippen molar-refractivity contribution in [1.29, 1.82) is 0 Å². The SMILES string of the molecule is CCNC(=NCc1nc(-c2ccc(OC)cc2)n[nH]1)NC1CCN(c2ncccc2F)C1.I. The van der Waals surface area contributed by atoms with Crippen molar-refractivity contribution in [1.82, 2.24) is 30.8 Å². The predicted molar refractivity (Wildman–Crippen MR) is 137 cm³/mol. The van der Waals surface area contributed by atoms with Crippen LogP contribution in [0.4, 0.5) is 10.2 Å². The zero-order valence-corrected chi connectivity index (χ0v) is 20.9. The topological polar surface area (TPSA) is 103 Å². The molecule has 1 unspecified atom stereocenters. The molecule has 1 aromatic carbocycles. The van der Waals surface area contributed by atoms with E-state index in [1.165, 1.54) is 6.07 Å². The molecule has 176 valence electrons. The first kappa shape index (κ1) is 24.7. The number of nitrogens with one attached hydrogen (secondary N) is 3. The Morgan fingerprint density at radius 3 is 2.85 bits per heavy atom. The van der Waals surface area contributed by atoms with Gasteiger partial charge < -0.3 is 20.3 Å². The standard InChI is InChI=1S/C22H27FN8O.HI/c1-3-24-22(27-16-10-12-31(14-16)21-18(23)5-4-11-25-21)26-13-19-28-20(30-29-19)15-6-8-17(32-2)9-7-15;/h4-9,11,16H,3,10,12-14H2,1-2H3,(H2,24,26,27)(H,28,29,30);1H. The van der Waals surface area contributed by atoms with E-state index in [4.69, 9.17) is 4.74 Å². The molecule has 9 nitrogen and oxygen atoms in total. The highest BCUT2D eigenvalue weighted by Gasteiger charge is 2.26. The Balaban J connectivity index is 0.00000306. The third kappa shape index (κ3) is 6.30. The maximum Gasteiger partial charge on any atom is 0.191 e. The number of anilines is 1. The summed E-state index contributed by atoms with van der Waals surface area (Å²) >= 11 is 0. The molecule has 0 bridgehead atoms. The second kappa shape index (κ2) is 11.8. The van der Waals surface area contributed by atoms with Gasteiger partial charge in [-0.3, -0.25) is 5.10 Å². The lowest BCUT2D eigenvalue weighted by molar-refractivity contribution is 0.415. The fourth-order valence-corrected chi connectivity index (χ4v) is 3.58.